The van der Waals surface area contributed by atoms with Gasteiger partial charge in [0.05, 0.1) is 12.1 Å². The fourth-order valence-electron chi connectivity index (χ4n) is 2.30. The third-order valence-corrected chi connectivity index (χ3v) is 3.33. The second-order valence-corrected chi connectivity index (χ2v) is 5.58. The van der Waals surface area contributed by atoms with E-state index in [4.69, 9.17) is 9.52 Å². The van der Waals surface area contributed by atoms with Gasteiger partial charge in [-0.1, -0.05) is 44.2 Å². The SMILES string of the molecule is CC(C)CC(NCc1cc(C(=O)O)co1)c1ccccc1. The number of nitrogens with one attached hydrogen (secondary N) is 1. The number of carboxylic acids is 1. The van der Waals surface area contributed by atoms with E-state index in [9.17, 15) is 4.79 Å². The molecule has 1 heterocycles. The van der Waals surface area contributed by atoms with Crippen LogP contribution in [-0.2, 0) is 6.54 Å². The molecule has 2 aromatic rings. The first kappa shape index (κ1) is 15.3. The van der Waals surface area contributed by atoms with E-state index in [1.807, 2.05) is 18.2 Å². The molecule has 0 bridgehead atoms. The van der Waals surface area contributed by atoms with Crippen molar-refractivity contribution in [1.29, 1.82) is 0 Å². The van der Waals surface area contributed by atoms with E-state index in [1.54, 1.807) is 6.07 Å². The van der Waals surface area contributed by atoms with Crippen LogP contribution in [0.25, 0.3) is 0 Å². The molecule has 1 unspecified atom stereocenters. The van der Waals surface area contributed by atoms with Gasteiger partial charge >= 0.3 is 5.97 Å². The molecule has 112 valence electrons. The maximum atomic E-state index is 10.8. The van der Waals surface area contributed by atoms with Crippen LogP contribution in [0.3, 0.4) is 0 Å². The van der Waals surface area contributed by atoms with Crippen molar-refractivity contribution in [2.75, 3.05) is 0 Å². The van der Waals surface area contributed by atoms with Crippen molar-refractivity contribution in [3.05, 3.63) is 59.5 Å². The van der Waals surface area contributed by atoms with E-state index in [0.717, 1.165) is 6.42 Å². The van der Waals surface area contributed by atoms with Crippen molar-refractivity contribution in [2.24, 2.45) is 5.92 Å². The minimum Gasteiger partial charge on any atom is -0.478 e. The zero-order valence-electron chi connectivity index (χ0n) is 12.4. The summed E-state index contributed by atoms with van der Waals surface area (Å²) < 4.78 is 5.27. The number of carbonyl (C=O) groups is 1. The summed E-state index contributed by atoms with van der Waals surface area (Å²) >= 11 is 0. The van der Waals surface area contributed by atoms with Crippen molar-refractivity contribution in [3.8, 4) is 0 Å². The second kappa shape index (κ2) is 7.09. The van der Waals surface area contributed by atoms with Gasteiger partial charge in [0.25, 0.3) is 0 Å². The largest absolute Gasteiger partial charge is 0.478 e. The smallest absolute Gasteiger partial charge is 0.338 e. The molecule has 0 saturated heterocycles. The Bertz CT molecular complexity index is 575. The summed E-state index contributed by atoms with van der Waals surface area (Å²) in [6.07, 6.45) is 2.29. The third-order valence-electron chi connectivity index (χ3n) is 3.33. The highest BCUT2D eigenvalue weighted by Gasteiger charge is 2.14. The lowest BCUT2D eigenvalue weighted by molar-refractivity contribution is 0.0696. The fraction of sp³-hybridized carbons (Fsp3) is 0.353. The van der Waals surface area contributed by atoms with Crippen LogP contribution in [0.2, 0.25) is 0 Å². The Balaban J connectivity index is 2.03. The van der Waals surface area contributed by atoms with Crippen molar-refractivity contribution in [3.63, 3.8) is 0 Å². The molecule has 4 nitrogen and oxygen atoms in total. The molecular formula is C17H21NO3. The van der Waals surface area contributed by atoms with Crippen LogP contribution in [0.15, 0.2) is 47.1 Å². The molecule has 0 aliphatic carbocycles. The van der Waals surface area contributed by atoms with Crippen LogP contribution >= 0.6 is 0 Å². The average molecular weight is 287 g/mol. The standard InChI is InChI=1S/C17H21NO3/c1-12(2)8-16(13-6-4-3-5-7-13)18-10-15-9-14(11-21-15)17(19)20/h3-7,9,11-12,16,18H,8,10H2,1-2H3,(H,19,20). The first-order valence-electron chi connectivity index (χ1n) is 7.15. The van der Waals surface area contributed by atoms with Crippen LogP contribution in [0.1, 0.15) is 48.0 Å². The number of benzene rings is 1. The number of rotatable bonds is 7. The highest BCUT2D eigenvalue weighted by Crippen LogP contribution is 2.22. The number of aromatic carboxylic acids is 1. The molecule has 1 aromatic carbocycles. The van der Waals surface area contributed by atoms with Gasteiger partial charge in [-0.05, 0) is 24.0 Å². The number of furan rings is 1. The predicted molar refractivity (Wildman–Crippen MR) is 81.1 cm³/mol. The quantitative estimate of drug-likeness (QED) is 0.811. The Morgan fingerprint density at radius 2 is 2.00 bits per heavy atom. The number of hydrogen-bond acceptors (Lipinski definition) is 3. The van der Waals surface area contributed by atoms with Gasteiger partial charge in [0.2, 0.25) is 0 Å². The summed E-state index contributed by atoms with van der Waals surface area (Å²) in [5.41, 5.74) is 1.42. The van der Waals surface area contributed by atoms with Gasteiger partial charge < -0.3 is 14.8 Å². The van der Waals surface area contributed by atoms with Gasteiger partial charge in [0, 0.05) is 6.04 Å². The maximum absolute atomic E-state index is 10.8. The van der Waals surface area contributed by atoms with Gasteiger partial charge in [0.1, 0.15) is 12.0 Å². The zero-order valence-corrected chi connectivity index (χ0v) is 12.4. The third kappa shape index (κ3) is 4.46. The fourth-order valence-corrected chi connectivity index (χ4v) is 2.30. The second-order valence-electron chi connectivity index (χ2n) is 5.58. The number of carboxylic acid groups (broad SMARTS) is 1. The molecule has 0 radical (unpaired) electrons. The lowest BCUT2D eigenvalue weighted by Gasteiger charge is -2.20. The summed E-state index contributed by atoms with van der Waals surface area (Å²) in [7, 11) is 0. The molecule has 2 rings (SSSR count). The molecule has 0 saturated carbocycles. The minimum atomic E-state index is -0.966. The highest BCUT2D eigenvalue weighted by molar-refractivity contribution is 5.87. The summed E-state index contributed by atoms with van der Waals surface area (Å²) in [4.78, 5) is 10.8. The van der Waals surface area contributed by atoms with E-state index in [1.165, 1.54) is 11.8 Å². The van der Waals surface area contributed by atoms with Crippen molar-refractivity contribution >= 4 is 5.97 Å². The van der Waals surface area contributed by atoms with Crippen LogP contribution < -0.4 is 5.32 Å². The van der Waals surface area contributed by atoms with Gasteiger partial charge in [-0.3, -0.25) is 0 Å². The highest BCUT2D eigenvalue weighted by atomic mass is 16.4. The molecule has 1 aromatic heterocycles. The molecule has 1 atom stereocenters. The van der Waals surface area contributed by atoms with E-state index < -0.39 is 5.97 Å². The first-order chi connectivity index (χ1) is 10.1. The van der Waals surface area contributed by atoms with E-state index in [-0.39, 0.29) is 11.6 Å². The van der Waals surface area contributed by atoms with Crippen LogP contribution in [0.4, 0.5) is 0 Å². The summed E-state index contributed by atoms with van der Waals surface area (Å²) in [5, 5.41) is 12.3. The lowest BCUT2D eigenvalue weighted by Crippen LogP contribution is -2.22. The van der Waals surface area contributed by atoms with Gasteiger partial charge in [-0.15, -0.1) is 0 Å². The lowest BCUT2D eigenvalue weighted by atomic mass is 9.97. The van der Waals surface area contributed by atoms with E-state index >= 15 is 0 Å². The molecule has 2 N–H and O–H groups in total. The summed E-state index contributed by atoms with van der Waals surface area (Å²) in [5.74, 6) is 0.234. The summed E-state index contributed by atoms with van der Waals surface area (Å²) in [6, 6.07) is 12.0. The molecule has 4 heteroatoms. The van der Waals surface area contributed by atoms with Crippen LogP contribution in [0.5, 0.6) is 0 Å². The topological polar surface area (TPSA) is 62.5 Å². The molecule has 21 heavy (non-hydrogen) atoms. The van der Waals surface area contributed by atoms with E-state index in [2.05, 4.69) is 31.3 Å². The Morgan fingerprint density at radius 3 is 2.57 bits per heavy atom. The minimum absolute atomic E-state index is 0.187. The van der Waals surface area contributed by atoms with Crippen LogP contribution in [-0.4, -0.2) is 11.1 Å². The Labute approximate surface area is 124 Å². The first-order valence-corrected chi connectivity index (χ1v) is 7.15. The van der Waals surface area contributed by atoms with Gasteiger partial charge in [-0.2, -0.15) is 0 Å². The predicted octanol–water partition coefficient (Wildman–Crippen LogP) is 3.85. The van der Waals surface area contributed by atoms with E-state index in [0.29, 0.717) is 18.2 Å². The maximum Gasteiger partial charge on any atom is 0.338 e. The summed E-state index contributed by atoms with van der Waals surface area (Å²) in [6.45, 7) is 4.89. The Kier molecular flexibility index (Phi) is 5.17. The van der Waals surface area contributed by atoms with Crippen molar-refractivity contribution in [1.82, 2.24) is 5.32 Å². The number of hydrogen-bond donors (Lipinski definition) is 2. The normalized spacial score (nSPS) is 12.5. The Morgan fingerprint density at radius 1 is 1.29 bits per heavy atom. The van der Waals surface area contributed by atoms with Gasteiger partial charge in [-0.25, -0.2) is 4.79 Å². The molecule has 0 amide bonds. The molecule has 0 spiro atoms. The molecule has 0 fully saturated rings. The average Bonchev–Trinajstić information content (AvgIpc) is 2.93. The zero-order chi connectivity index (χ0) is 15.2. The van der Waals surface area contributed by atoms with Crippen LogP contribution in [0, 0.1) is 5.92 Å². The van der Waals surface area contributed by atoms with Crippen molar-refractivity contribution < 1.29 is 14.3 Å². The molecule has 0 aliphatic heterocycles. The van der Waals surface area contributed by atoms with Gasteiger partial charge in [0.15, 0.2) is 0 Å². The van der Waals surface area contributed by atoms with Crippen molar-refractivity contribution in [2.45, 2.75) is 32.9 Å². The Hall–Kier alpha value is -2.07. The monoisotopic (exact) mass is 287 g/mol. The molecule has 0 aliphatic rings. The molecular weight excluding hydrogens is 266 g/mol.